The third-order valence-corrected chi connectivity index (χ3v) is 9.68. The van der Waals surface area contributed by atoms with E-state index in [4.69, 9.17) is 9.31 Å². The van der Waals surface area contributed by atoms with Gasteiger partial charge < -0.3 is 9.31 Å². The molecule has 2 nitrogen and oxygen atoms in total. The summed E-state index contributed by atoms with van der Waals surface area (Å²) in [4.78, 5) is 0. The second-order valence-corrected chi connectivity index (χ2v) is 12.7. The van der Waals surface area contributed by atoms with Gasteiger partial charge in [-0.2, -0.15) is 0 Å². The molecule has 2 heterocycles. The van der Waals surface area contributed by atoms with E-state index < -0.39 is 18.3 Å². The van der Waals surface area contributed by atoms with Crippen LogP contribution in [-0.4, -0.2) is 18.3 Å². The lowest BCUT2D eigenvalue weighted by atomic mass is 9.77. The average molecular weight is 539 g/mol. The molecule has 0 unspecified atom stereocenters. The summed E-state index contributed by atoms with van der Waals surface area (Å²) >= 11 is 1.86. The third-order valence-electron chi connectivity index (χ3n) is 8.50. The molecule has 0 radical (unpaired) electrons. The van der Waals surface area contributed by atoms with Crippen molar-refractivity contribution in [3.63, 3.8) is 0 Å². The summed E-state index contributed by atoms with van der Waals surface area (Å²) < 4.78 is 15.6. The van der Waals surface area contributed by atoms with Gasteiger partial charge in [-0.15, -0.1) is 11.3 Å². The van der Waals surface area contributed by atoms with E-state index in [2.05, 4.69) is 143 Å². The average Bonchev–Trinajstić information content (AvgIpc) is 3.46. The molecule has 0 N–H and O–H groups in total. The maximum Gasteiger partial charge on any atom is 0.494 e. The Kier molecular flexibility index (Phi) is 5.97. The summed E-state index contributed by atoms with van der Waals surface area (Å²) in [6.07, 6.45) is 0. The zero-order valence-corrected chi connectivity index (χ0v) is 24.1. The van der Waals surface area contributed by atoms with E-state index in [1.54, 1.807) is 0 Å². The molecule has 6 aromatic rings. The van der Waals surface area contributed by atoms with Gasteiger partial charge >= 0.3 is 7.12 Å². The molecule has 1 fully saturated rings. The van der Waals surface area contributed by atoms with Crippen LogP contribution in [-0.2, 0) is 9.31 Å². The van der Waals surface area contributed by atoms with Crippen LogP contribution in [0, 0.1) is 0 Å². The minimum absolute atomic E-state index is 0.398. The third kappa shape index (κ3) is 4.19. The van der Waals surface area contributed by atoms with Crippen LogP contribution in [0.3, 0.4) is 0 Å². The molecule has 0 amide bonds. The van der Waals surface area contributed by atoms with Crippen LogP contribution in [0.4, 0.5) is 0 Å². The van der Waals surface area contributed by atoms with Crippen LogP contribution < -0.4 is 5.46 Å². The van der Waals surface area contributed by atoms with Crippen LogP contribution in [0.2, 0.25) is 0 Å². The Bertz CT molecular complexity index is 1820. The molecule has 1 saturated heterocycles. The second kappa shape index (κ2) is 9.45. The predicted molar refractivity (Wildman–Crippen MR) is 171 cm³/mol. The van der Waals surface area contributed by atoms with Crippen molar-refractivity contribution in [2.45, 2.75) is 38.9 Å². The standard InChI is InChI=1S/C36H31BO2S/c1-35(2)36(3,4)39-37(38-35)28-22-29(25-16-10-6-11-17-25)33-31-21-27(24-14-8-5-9-15-24)20-30(26-18-12-7-13-19-26)34(31)40-32(33)23-28/h5-23H,1-4H3. The molecular weight excluding hydrogens is 507 g/mol. The Morgan fingerprint density at radius 2 is 1.07 bits per heavy atom. The van der Waals surface area contributed by atoms with Gasteiger partial charge in [-0.1, -0.05) is 97.1 Å². The van der Waals surface area contributed by atoms with Gasteiger partial charge in [0.15, 0.2) is 0 Å². The van der Waals surface area contributed by atoms with E-state index in [-0.39, 0.29) is 0 Å². The predicted octanol–water partition coefficient (Wildman–Crippen LogP) is 9.35. The van der Waals surface area contributed by atoms with Gasteiger partial charge in [0.1, 0.15) is 0 Å². The number of thiophene rings is 1. The Labute approximate surface area is 240 Å². The smallest absolute Gasteiger partial charge is 0.399 e. The molecule has 1 aromatic heterocycles. The van der Waals surface area contributed by atoms with Crippen LogP contribution >= 0.6 is 11.3 Å². The van der Waals surface area contributed by atoms with E-state index in [9.17, 15) is 0 Å². The van der Waals surface area contributed by atoms with Crippen molar-refractivity contribution in [3.8, 4) is 33.4 Å². The zero-order valence-electron chi connectivity index (χ0n) is 23.3. The molecule has 0 atom stereocenters. The summed E-state index contributed by atoms with van der Waals surface area (Å²) in [6, 6.07) is 41.4. The highest BCUT2D eigenvalue weighted by molar-refractivity contribution is 7.26. The Morgan fingerprint density at radius 3 is 1.65 bits per heavy atom. The van der Waals surface area contributed by atoms with Gasteiger partial charge in [-0.3, -0.25) is 0 Å². The second-order valence-electron chi connectivity index (χ2n) is 11.6. The largest absolute Gasteiger partial charge is 0.494 e. The highest BCUT2D eigenvalue weighted by Gasteiger charge is 2.51. The first-order chi connectivity index (χ1) is 19.3. The van der Waals surface area contributed by atoms with E-state index >= 15 is 0 Å². The van der Waals surface area contributed by atoms with Gasteiger partial charge in [0.05, 0.1) is 11.2 Å². The van der Waals surface area contributed by atoms with Crippen LogP contribution in [0.5, 0.6) is 0 Å². The lowest BCUT2D eigenvalue weighted by Crippen LogP contribution is -2.41. The van der Waals surface area contributed by atoms with Crippen LogP contribution in [0.25, 0.3) is 53.6 Å². The molecule has 0 saturated carbocycles. The monoisotopic (exact) mass is 538 g/mol. The number of hydrogen-bond acceptors (Lipinski definition) is 3. The number of hydrogen-bond donors (Lipinski definition) is 0. The molecular formula is C36H31BO2S. The highest BCUT2D eigenvalue weighted by atomic mass is 32.1. The molecule has 0 spiro atoms. The fraction of sp³-hybridized carbons (Fsp3) is 0.167. The molecule has 1 aliphatic rings. The fourth-order valence-electron chi connectivity index (χ4n) is 5.62. The normalized spacial score (nSPS) is 16.1. The number of benzene rings is 5. The maximum atomic E-state index is 6.52. The zero-order chi connectivity index (χ0) is 27.5. The van der Waals surface area contributed by atoms with Crippen molar-refractivity contribution < 1.29 is 9.31 Å². The van der Waals surface area contributed by atoms with Gasteiger partial charge in [0.25, 0.3) is 0 Å². The van der Waals surface area contributed by atoms with E-state index in [0.29, 0.717) is 0 Å². The van der Waals surface area contributed by atoms with Crippen molar-refractivity contribution in [3.05, 3.63) is 115 Å². The summed E-state index contributed by atoms with van der Waals surface area (Å²) in [7, 11) is -0.421. The first-order valence-corrected chi connectivity index (χ1v) is 14.7. The van der Waals surface area contributed by atoms with Crippen LogP contribution in [0.15, 0.2) is 115 Å². The Morgan fingerprint density at radius 1 is 0.550 bits per heavy atom. The molecule has 0 bridgehead atoms. The Hall–Kier alpha value is -3.70. The minimum Gasteiger partial charge on any atom is -0.399 e. The fourth-order valence-corrected chi connectivity index (χ4v) is 6.91. The minimum atomic E-state index is -0.421. The summed E-state index contributed by atoms with van der Waals surface area (Å²) in [5.41, 5.74) is 7.59. The molecule has 196 valence electrons. The lowest BCUT2D eigenvalue weighted by Gasteiger charge is -2.32. The summed E-state index contributed by atoms with van der Waals surface area (Å²) in [6.45, 7) is 8.45. The molecule has 40 heavy (non-hydrogen) atoms. The Balaban J connectivity index is 1.54. The lowest BCUT2D eigenvalue weighted by molar-refractivity contribution is 0.00578. The first-order valence-electron chi connectivity index (χ1n) is 13.9. The molecule has 4 heteroatoms. The number of fused-ring (bicyclic) bond motifs is 3. The SMILES string of the molecule is CC1(C)OB(c2cc(-c3ccccc3)c3c(c2)sc2c(-c4ccccc4)cc(-c4ccccc4)cc23)OC1(C)C. The van der Waals surface area contributed by atoms with Crippen molar-refractivity contribution in [2.24, 2.45) is 0 Å². The van der Waals surface area contributed by atoms with Crippen molar-refractivity contribution >= 4 is 44.1 Å². The van der Waals surface area contributed by atoms with Gasteiger partial charge in [-0.25, -0.2) is 0 Å². The molecule has 7 rings (SSSR count). The van der Waals surface area contributed by atoms with Gasteiger partial charge in [0, 0.05) is 25.7 Å². The highest BCUT2D eigenvalue weighted by Crippen LogP contribution is 2.46. The summed E-state index contributed by atoms with van der Waals surface area (Å²) in [5, 5.41) is 2.56. The molecule has 5 aromatic carbocycles. The van der Waals surface area contributed by atoms with Crippen molar-refractivity contribution in [1.29, 1.82) is 0 Å². The van der Waals surface area contributed by atoms with Gasteiger partial charge in [-0.05, 0) is 79.2 Å². The van der Waals surface area contributed by atoms with Crippen molar-refractivity contribution in [1.82, 2.24) is 0 Å². The van der Waals surface area contributed by atoms with Crippen molar-refractivity contribution in [2.75, 3.05) is 0 Å². The molecule has 0 aliphatic carbocycles. The van der Waals surface area contributed by atoms with E-state index in [0.717, 1.165) is 5.46 Å². The van der Waals surface area contributed by atoms with Gasteiger partial charge in [0.2, 0.25) is 0 Å². The maximum absolute atomic E-state index is 6.52. The van der Waals surface area contributed by atoms with E-state index in [1.165, 1.54) is 53.6 Å². The summed E-state index contributed by atoms with van der Waals surface area (Å²) in [5.74, 6) is 0. The van der Waals surface area contributed by atoms with E-state index in [1.807, 2.05) is 11.3 Å². The number of rotatable bonds is 4. The molecule has 1 aliphatic heterocycles. The topological polar surface area (TPSA) is 18.5 Å². The van der Waals surface area contributed by atoms with Crippen LogP contribution in [0.1, 0.15) is 27.7 Å². The first kappa shape index (κ1) is 25.3. The quantitative estimate of drug-likeness (QED) is 0.208.